The van der Waals surface area contributed by atoms with Crippen LogP contribution < -0.4 is 4.74 Å². The van der Waals surface area contributed by atoms with E-state index in [4.69, 9.17) is 4.74 Å². The van der Waals surface area contributed by atoms with Gasteiger partial charge in [-0.2, -0.15) is 0 Å². The fraction of sp³-hybridized carbons (Fsp3) is 0.0244. The zero-order valence-corrected chi connectivity index (χ0v) is 24.9. The summed E-state index contributed by atoms with van der Waals surface area (Å²) in [4.78, 5) is 0. The summed E-state index contributed by atoms with van der Waals surface area (Å²) in [6, 6.07) is 52.7. The number of benzene rings is 7. The number of hydrogen-bond acceptors (Lipinski definition) is 2. The van der Waals surface area contributed by atoms with Gasteiger partial charge in [-0.25, -0.2) is 0 Å². The molecule has 208 valence electrons. The van der Waals surface area contributed by atoms with E-state index >= 15 is 0 Å². The van der Waals surface area contributed by atoms with Gasteiger partial charge in [-0.1, -0.05) is 97.1 Å². The smallest absolute Gasteiger partial charge is 0.118 e. The SMILES string of the molecule is COc1ccc(-c2ccc3c(c2)c2c4sc5ccc(-c6ccccc6)cc5c4c4ccccc4c2n3-c2ccccc2)cc1. The van der Waals surface area contributed by atoms with Gasteiger partial charge < -0.3 is 9.30 Å². The van der Waals surface area contributed by atoms with E-state index in [2.05, 4.69) is 138 Å². The number of para-hydroxylation sites is 1. The summed E-state index contributed by atoms with van der Waals surface area (Å²) in [6.45, 7) is 0. The number of methoxy groups -OCH3 is 1. The van der Waals surface area contributed by atoms with Crippen molar-refractivity contribution in [1.29, 1.82) is 0 Å². The molecule has 0 bridgehead atoms. The van der Waals surface area contributed by atoms with Gasteiger partial charge in [0.15, 0.2) is 0 Å². The quantitative estimate of drug-likeness (QED) is 0.202. The van der Waals surface area contributed by atoms with Gasteiger partial charge in [-0.05, 0) is 76.2 Å². The Labute approximate surface area is 259 Å². The lowest BCUT2D eigenvalue weighted by Crippen LogP contribution is -1.94. The molecule has 0 saturated heterocycles. The van der Waals surface area contributed by atoms with Crippen LogP contribution in [-0.4, -0.2) is 11.7 Å². The highest BCUT2D eigenvalue weighted by atomic mass is 32.1. The zero-order chi connectivity index (χ0) is 29.2. The van der Waals surface area contributed by atoms with Crippen LogP contribution in [0.25, 0.3) is 80.7 Å². The van der Waals surface area contributed by atoms with Crippen LogP contribution in [0.5, 0.6) is 5.75 Å². The Bertz CT molecular complexity index is 2510. The molecule has 9 rings (SSSR count). The molecular formula is C41H27NOS. The summed E-state index contributed by atoms with van der Waals surface area (Å²) in [5.74, 6) is 0.865. The maximum atomic E-state index is 5.44. The number of rotatable bonds is 4. The Hall–Kier alpha value is -5.38. The Morgan fingerprint density at radius 3 is 1.86 bits per heavy atom. The second-order valence-corrected chi connectivity index (χ2v) is 12.3. The summed E-state index contributed by atoms with van der Waals surface area (Å²) in [7, 11) is 1.71. The minimum Gasteiger partial charge on any atom is -0.497 e. The first-order valence-corrected chi connectivity index (χ1v) is 15.7. The zero-order valence-electron chi connectivity index (χ0n) is 24.1. The minimum atomic E-state index is 0.865. The van der Waals surface area contributed by atoms with Crippen LogP contribution in [0.15, 0.2) is 146 Å². The molecule has 9 aromatic rings. The van der Waals surface area contributed by atoms with Crippen LogP contribution in [0.1, 0.15) is 0 Å². The molecule has 0 saturated carbocycles. The van der Waals surface area contributed by atoms with E-state index in [9.17, 15) is 0 Å². The Balaban J connectivity index is 1.46. The first-order valence-electron chi connectivity index (χ1n) is 14.9. The highest BCUT2D eigenvalue weighted by Crippen LogP contribution is 2.49. The molecule has 7 aromatic carbocycles. The summed E-state index contributed by atoms with van der Waals surface area (Å²) in [6.07, 6.45) is 0. The highest BCUT2D eigenvalue weighted by molar-refractivity contribution is 7.27. The van der Waals surface area contributed by atoms with Crippen molar-refractivity contribution in [2.45, 2.75) is 0 Å². The summed E-state index contributed by atoms with van der Waals surface area (Å²) in [5, 5.41) is 7.80. The van der Waals surface area contributed by atoms with E-state index in [1.807, 2.05) is 23.5 Å². The van der Waals surface area contributed by atoms with Gasteiger partial charge in [0.1, 0.15) is 5.75 Å². The van der Waals surface area contributed by atoms with Crippen LogP contribution in [0.4, 0.5) is 0 Å². The van der Waals surface area contributed by atoms with Crippen LogP contribution in [-0.2, 0) is 0 Å². The molecule has 2 aromatic heterocycles. The topological polar surface area (TPSA) is 14.2 Å². The van der Waals surface area contributed by atoms with Gasteiger partial charge in [0.2, 0.25) is 0 Å². The monoisotopic (exact) mass is 581 g/mol. The van der Waals surface area contributed by atoms with Crippen LogP contribution in [0.3, 0.4) is 0 Å². The second-order valence-electron chi connectivity index (χ2n) is 11.3. The lowest BCUT2D eigenvalue weighted by Gasteiger charge is -2.11. The first-order chi connectivity index (χ1) is 21.8. The Kier molecular flexibility index (Phi) is 5.62. The van der Waals surface area contributed by atoms with Crippen LogP contribution in [0, 0.1) is 0 Å². The van der Waals surface area contributed by atoms with Crippen LogP contribution in [0.2, 0.25) is 0 Å². The van der Waals surface area contributed by atoms with Crippen molar-refractivity contribution in [1.82, 2.24) is 4.57 Å². The molecule has 0 aliphatic carbocycles. The maximum Gasteiger partial charge on any atom is 0.118 e. The van der Waals surface area contributed by atoms with Gasteiger partial charge in [0.05, 0.1) is 18.1 Å². The van der Waals surface area contributed by atoms with Crippen molar-refractivity contribution in [3.63, 3.8) is 0 Å². The number of nitrogens with zero attached hydrogens (tertiary/aromatic N) is 1. The third-order valence-electron chi connectivity index (χ3n) is 8.88. The maximum absolute atomic E-state index is 5.44. The van der Waals surface area contributed by atoms with E-state index in [0.29, 0.717) is 0 Å². The standard InChI is InChI=1S/C41H27NOS/c1-43-31-20-16-27(17-21-31)28-18-22-36-34(24-28)39-40(42(36)30-12-6-3-7-13-30)33-15-9-8-14-32(33)38-35-25-29(26-10-4-2-5-11-26)19-23-37(35)44-41(38)39/h2-25H,1H3. The van der Waals surface area contributed by atoms with E-state index in [0.717, 1.165) is 5.75 Å². The van der Waals surface area contributed by atoms with Crippen molar-refractivity contribution >= 4 is 64.1 Å². The number of fused-ring (bicyclic) bond motifs is 10. The average Bonchev–Trinajstić information content (AvgIpc) is 3.65. The third kappa shape index (κ3) is 3.73. The molecule has 0 aliphatic heterocycles. The number of ether oxygens (including phenoxy) is 1. The molecule has 3 heteroatoms. The molecule has 0 unspecified atom stereocenters. The number of aromatic nitrogens is 1. The highest BCUT2D eigenvalue weighted by Gasteiger charge is 2.22. The van der Waals surface area contributed by atoms with E-state index in [1.54, 1.807) is 7.11 Å². The van der Waals surface area contributed by atoms with Gasteiger partial charge >= 0.3 is 0 Å². The third-order valence-corrected chi connectivity index (χ3v) is 10.1. The van der Waals surface area contributed by atoms with Gasteiger partial charge in [0, 0.05) is 42.0 Å². The molecule has 0 spiro atoms. The van der Waals surface area contributed by atoms with Crippen molar-refractivity contribution in [3.8, 4) is 33.7 Å². The van der Waals surface area contributed by atoms with Crippen LogP contribution >= 0.6 is 11.3 Å². The minimum absolute atomic E-state index is 0.865. The van der Waals surface area contributed by atoms with Gasteiger partial charge in [-0.3, -0.25) is 0 Å². The molecule has 0 atom stereocenters. The predicted octanol–water partition coefficient (Wildman–Crippen LogP) is 11.6. The molecular weight excluding hydrogens is 555 g/mol. The van der Waals surface area contributed by atoms with Crippen molar-refractivity contribution in [2.75, 3.05) is 7.11 Å². The van der Waals surface area contributed by atoms with E-state index in [1.165, 1.54) is 80.7 Å². The van der Waals surface area contributed by atoms with Crippen molar-refractivity contribution in [2.24, 2.45) is 0 Å². The molecule has 0 amide bonds. The largest absolute Gasteiger partial charge is 0.497 e. The van der Waals surface area contributed by atoms with Crippen molar-refractivity contribution in [3.05, 3.63) is 146 Å². The molecule has 2 heterocycles. The lowest BCUT2D eigenvalue weighted by molar-refractivity contribution is 0.415. The van der Waals surface area contributed by atoms with Gasteiger partial charge in [-0.15, -0.1) is 11.3 Å². The number of thiophene rings is 1. The van der Waals surface area contributed by atoms with E-state index < -0.39 is 0 Å². The van der Waals surface area contributed by atoms with E-state index in [-0.39, 0.29) is 0 Å². The molecule has 0 N–H and O–H groups in total. The second kappa shape index (κ2) is 9.84. The van der Waals surface area contributed by atoms with Gasteiger partial charge in [0.25, 0.3) is 0 Å². The number of hydrogen-bond donors (Lipinski definition) is 0. The summed E-state index contributed by atoms with van der Waals surface area (Å²) < 4.78 is 10.5. The fourth-order valence-corrected chi connectivity index (χ4v) is 8.10. The summed E-state index contributed by atoms with van der Waals surface area (Å²) in [5.41, 5.74) is 8.50. The molecule has 0 fully saturated rings. The average molecular weight is 582 g/mol. The lowest BCUT2D eigenvalue weighted by atomic mass is 9.97. The molecule has 0 radical (unpaired) electrons. The van der Waals surface area contributed by atoms with Crippen molar-refractivity contribution < 1.29 is 4.74 Å². The summed E-state index contributed by atoms with van der Waals surface area (Å²) >= 11 is 1.91. The Morgan fingerprint density at radius 1 is 0.500 bits per heavy atom. The normalized spacial score (nSPS) is 11.8. The molecule has 0 aliphatic rings. The Morgan fingerprint density at radius 2 is 1.11 bits per heavy atom. The first kappa shape index (κ1) is 25.1. The molecule has 44 heavy (non-hydrogen) atoms. The molecule has 2 nitrogen and oxygen atoms in total. The predicted molar refractivity (Wildman–Crippen MR) is 189 cm³/mol. The fourth-order valence-electron chi connectivity index (χ4n) is 6.84.